The molecule has 0 bridgehead atoms. The van der Waals surface area contributed by atoms with Crippen LogP contribution in [0.25, 0.3) is 11.0 Å². The van der Waals surface area contributed by atoms with Gasteiger partial charge in [-0.15, -0.1) is 0 Å². The van der Waals surface area contributed by atoms with Crippen LogP contribution in [-0.2, 0) is 17.8 Å². The van der Waals surface area contributed by atoms with Crippen LogP contribution >= 0.6 is 11.6 Å². The van der Waals surface area contributed by atoms with E-state index in [0.717, 1.165) is 33.7 Å². The average Bonchev–Trinajstić information content (AvgIpc) is 3.03. The van der Waals surface area contributed by atoms with Crippen molar-refractivity contribution < 1.29 is 4.79 Å². The van der Waals surface area contributed by atoms with Gasteiger partial charge in [0.05, 0.1) is 11.0 Å². The highest BCUT2D eigenvalue weighted by Gasteiger charge is 2.14. The van der Waals surface area contributed by atoms with Crippen LogP contribution in [-0.4, -0.2) is 15.5 Å². The van der Waals surface area contributed by atoms with Crippen LogP contribution < -0.4 is 5.32 Å². The Hall–Kier alpha value is -3.11. The third-order valence-electron chi connectivity index (χ3n) is 4.73. The molecular weight excluding hydrogens is 370 g/mol. The molecule has 4 aromatic rings. The summed E-state index contributed by atoms with van der Waals surface area (Å²) < 4.78 is 1.98. The number of benzene rings is 3. The van der Waals surface area contributed by atoms with E-state index in [1.54, 1.807) is 0 Å². The molecule has 1 aromatic heterocycles. The van der Waals surface area contributed by atoms with E-state index < -0.39 is 0 Å². The number of aromatic nitrogens is 2. The molecule has 0 saturated heterocycles. The van der Waals surface area contributed by atoms with Crippen molar-refractivity contribution in [2.45, 2.75) is 19.9 Å². The molecule has 0 spiro atoms. The first-order chi connectivity index (χ1) is 13.6. The van der Waals surface area contributed by atoms with E-state index in [1.807, 2.05) is 84.3 Å². The molecular formula is C23H20ClN3O. The number of fused-ring (bicyclic) bond motifs is 1. The highest BCUT2D eigenvalue weighted by Crippen LogP contribution is 2.20. The van der Waals surface area contributed by atoms with Gasteiger partial charge in [-0.1, -0.05) is 54.1 Å². The predicted octanol–water partition coefficient (Wildman–Crippen LogP) is 5.23. The lowest BCUT2D eigenvalue weighted by atomic mass is 10.1. The molecule has 0 aliphatic heterocycles. The second-order valence-corrected chi connectivity index (χ2v) is 7.21. The quantitative estimate of drug-likeness (QED) is 0.508. The van der Waals surface area contributed by atoms with Crippen molar-refractivity contribution in [2.75, 3.05) is 5.32 Å². The van der Waals surface area contributed by atoms with Crippen LogP contribution in [0.15, 0.2) is 72.8 Å². The minimum Gasteiger partial charge on any atom is -0.324 e. The van der Waals surface area contributed by atoms with Gasteiger partial charge in [-0.2, -0.15) is 0 Å². The molecule has 4 rings (SSSR count). The van der Waals surface area contributed by atoms with Crippen LogP contribution in [0.5, 0.6) is 0 Å². The third-order valence-corrected chi connectivity index (χ3v) is 4.98. The van der Waals surface area contributed by atoms with Gasteiger partial charge in [0.2, 0.25) is 5.91 Å². The largest absolute Gasteiger partial charge is 0.324 e. The van der Waals surface area contributed by atoms with Crippen LogP contribution in [0.2, 0.25) is 5.02 Å². The molecule has 1 heterocycles. The lowest BCUT2D eigenvalue weighted by Crippen LogP contribution is -2.20. The molecule has 1 amide bonds. The lowest BCUT2D eigenvalue weighted by Gasteiger charge is -2.11. The Morgan fingerprint density at radius 2 is 1.71 bits per heavy atom. The highest BCUT2D eigenvalue weighted by atomic mass is 35.5. The number of amides is 1. The normalized spacial score (nSPS) is 10.9. The number of carbonyl (C=O) groups is 1. The molecule has 4 nitrogen and oxygen atoms in total. The molecule has 0 unspecified atom stereocenters. The minimum absolute atomic E-state index is 0.0743. The van der Waals surface area contributed by atoms with Crippen LogP contribution in [0.3, 0.4) is 0 Å². The molecule has 28 heavy (non-hydrogen) atoms. The van der Waals surface area contributed by atoms with Gasteiger partial charge in [-0.25, -0.2) is 4.98 Å². The van der Waals surface area contributed by atoms with E-state index in [1.165, 1.54) is 0 Å². The van der Waals surface area contributed by atoms with Crippen LogP contribution in [0, 0.1) is 6.92 Å². The van der Waals surface area contributed by atoms with Crippen LogP contribution in [0.4, 0.5) is 5.69 Å². The Morgan fingerprint density at radius 3 is 2.50 bits per heavy atom. The summed E-state index contributed by atoms with van der Waals surface area (Å²) in [6.45, 7) is 2.19. The summed E-state index contributed by atoms with van der Waals surface area (Å²) in [5, 5.41) is 3.71. The third kappa shape index (κ3) is 3.92. The molecule has 0 atom stereocenters. The number of imidazole rings is 1. The number of para-hydroxylation sites is 3. The molecule has 5 heteroatoms. The Balaban J connectivity index is 1.64. The average molecular weight is 390 g/mol. The first-order valence-corrected chi connectivity index (χ1v) is 9.52. The Kier molecular flexibility index (Phi) is 5.13. The van der Waals surface area contributed by atoms with Gasteiger partial charge < -0.3 is 9.88 Å². The van der Waals surface area contributed by atoms with E-state index in [2.05, 4.69) is 5.32 Å². The van der Waals surface area contributed by atoms with E-state index >= 15 is 0 Å². The summed E-state index contributed by atoms with van der Waals surface area (Å²) in [5.74, 6) is 0.776. The molecule has 0 saturated carbocycles. The first-order valence-electron chi connectivity index (χ1n) is 9.14. The van der Waals surface area contributed by atoms with E-state index in [9.17, 15) is 4.79 Å². The topological polar surface area (TPSA) is 46.9 Å². The standard InChI is InChI=1S/C23H20ClN3O/c1-16-6-2-3-7-19(16)26-23(28)15-27-21-9-5-4-8-20(21)25-22(27)14-17-10-12-18(24)13-11-17/h2-13H,14-15H2,1H3,(H,26,28). The number of aryl methyl sites for hydroxylation is 1. The molecule has 0 aliphatic carbocycles. The molecule has 0 aliphatic rings. The predicted molar refractivity (Wildman–Crippen MR) is 114 cm³/mol. The zero-order valence-electron chi connectivity index (χ0n) is 15.5. The monoisotopic (exact) mass is 389 g/mol. The molecule has 0 fully saturated rings. The molecule has 0 radical (unpaired) electrons. The maximum absolute atomic E-state index is 12.7. The number of hydrogen-bond acceptors (Lipinski definition) is 2. The Bertz CT molecular complexity index is 1130. The van der Waals surface area contributed by atoms with E-state index in [0.29, 0.717) is 11.4 Å². The summed E-state index contributed by atoms with van der Waals surface area (Å²) in [7, 11) is 0. The van der Waals surface area contributed by atoms with Crippen molar-refractivity contribution in [1.29, 1.82) is 0 Å². The minimum atomic E-state index is -0.0743. The molecule has 3 aromatic carbocycles. The summed E-state index contributed by atoms with van der Waals surface area (Å²) in [6, 6.07) is 23.4. The summed E-state index contributed by atoms with van der Waals surface area (Å²) in [5.41, 5.74) is 4.80. The number of nitrogens with one attached hydrogen (secondary N) is 1. The second kappa shape index (κ2) is 7.87. The Morgan fingerprint density at radius 1 is 1.00 bits per heavy atom. The van der Waals surface area contributed by atoms with Gasteiger partial charge in [0.15, 0.2) is 0 Å². The maximum atomic E-state index is 12.7. The van der Waals surface area contributed by atoms with Gasteiger partial charge in [0, 0.05) is 17.1 Å². The molecule has 1 N–H and O–H groups in total. The van der Waals surface area contributed by atoms with E-state index in [4.69, 9.17) is 16.6 Å². The van der Waals surface area contributed by atoms with Crippen molar-refractivity contribution in [3.8, 4) is 0 Å². The highest BCUT2D eigenvalue weighted by molar-refractivity contribution is 6.30. The van der Waals surface area contributed by atoms with Gasteiger partial charge >= 0.3 is 0 Å². The zero-order chi connectivity index (χ0) is 19.5. The number of anilines is 1. The fraction of sp³-hybridized carbons (Fsp3) is 0.130. The van der Waals surface area contributed by atoms with E-state index in [-0.39, 0.29) is 12.5 Å². The summed E-state index contributed by atoms with van der Waals surface area (Å²) in [4.78, 5) is 17.5. The summed E-state index contributed by atoms with van der Waals surface area (Å²) >= 11 is 6.00. The summed E-state index contributed by atoms with van der Waals surface area (Å²) in [6.07, 6.45) is 0.628. The number of hydrogen-bond donors (Lipinski definition) is 1. The lowest BCUT2D eigenvalue weighted by molar-refractivity contribution is -0.116. The van der Waals surface area contributed by atoms with Crippen molar-refractivity contribution in [3.63, 3.8) is 0 Å². The Labute approximate surface area is 168 Å². The van der Waals surface area contributed by atoms with Crippen molar-refractivity contribution >= 4 is 34.2 Å². The van der Waals surface area contributed by atoms with Crippen molar-refractivity contribution in [2.24, 2.45) is 0 Å². The maximum Gasteiger partial charge on any atom is 0.244 e. The van der Waals surface area contributed by atoms with Gasteiger partial charge in [-0.05, 0) is 48.4 Å². The van der Waals surface area contributed by atoms with Gasteiger partial charge in [-0.3, -0.25) is 4.79 Å². The number of rotatable bonds is 5. The van der Waals surface area contributed by atoms with Crippen molar-refractivity contribution in [3.05, 3.63) is 94.8 Å². The fourth-order valence-electron chi connectivity index (χ4n) is 3.27. The second-order valence-electron chi connectivity index (χ2n) is 6.77. The van der Waals surface area contributed by atoms with Crippen molar-refractivity contribution in [1.82, 2.24) is 9.55 Å². The van der Waals surface area contributed by atoms with Crippen LogP contribution in [0.1, 0.15) is 17.0 Å². The fourth-order valence-corrected chi connectivity index (χ4v) is 3.39. The number of nitrogens with zero attached hydrogens (tertiary/aromatic N) is 2. The zero-order valence-corrected chi connectivity index (χ0v) is 16.3. The SMILES string of the molecule is Cc1ccccc1NC(=O)Cn1c(Cc2ccc(Cl)cc2)nc2ccccc21. The van der Waals surface area contributed by atoms with Gasteiger partial charge in [0.1, 0.15) is 12.4 Å². The first kappa shape index (κ1) is 18.3. The smallest absolute Gasteiger partial charge is 0.244 e. The molecule has 140 valence electrons. The number of carbonyl (C=O) groups excluding carboxylic acids is 1. The van der Waals surface area contributed by atoms with Gasteiger partial charge in [0.25, 0.3) is 0 Å². The number of halogens is 1.